The first-order valence-corrected chi connectivity index (χ1v) is 10.1. The molecule has 4 aromatic rings. The molecule has 1 saturated heterocycles. The van der Waals surface area contributed by atoms with Gasteiger partial charge in [-0.3, -0.25) is 5.10 Å². The van der Waals surface area contributed by atoms with Crippen LogP contribution in [-0.4, -0.2) is 31.7 Å². The zero-order chi connectivity index (χ0) is 21.2. The van der Waals surface area contributed by atoms with Gasteiger partial charge in [0.05, 0.1) is 11.7 Å². The van der Waals surface area contributed by atoms with Crippen LogP contribution < -0.4 is 16.0 Å². The lowest BCUT2D eigenvalue weighted by Gasteiger charge is -2.25. The summed E-state index contributed by atoms with van der Waals surface area (Å²) >= 11 is 0. The highest BCUT2D eigenvalue weighted by atomic mass is 19.1. The number of rotatable bonds is 5. The lowest BCUT2D eigenvalue weighted by Crippen LogP contribution is -2.25. The number of benzene rings is 2. The Labute approximate surface area is 178 Å². The quantitative estimate of drug-likeness (QED) is 0.450. The van der Waals surface area contributed by atoms with Gasteiger partial charge in [-0.25, -0.2) is 4.39 Å². The van der Waals surface area contributed by atoms with Gasteiger partial charge in [0.2, 0.25) is 17.8 Å². The number of anilines is 4. The van der Waals surface area contributed by atoms with Crippen LogP contribution in [0.4, 0.5) is 28.1 Å². The molecular weight excluding hydrogens is 395 g/mol. The fourth-order valence-electron chi connectivity index (χ4n) is 3.87. The zero-order valence-corrected chi connectivity index (χ0v) is 16.7. The Morgan fingerprint density at radius 2 is 1.84 bits per heavy atom. The molecule has 1 atom stereocenters. The fraction of sp³-hybridized carbons (Fsp3) is 0.182. The van der Waals surface area contributed by atoms with Gasteiger partial charge >= 0.3 is 0 Å². The molecule has 4 N–H and O–H groups in total. The summed E-state index contributed by atoms with van der Waals surface area (Å²) in [7, 11) is 0. The van der Waals surface area contributed by atoms with Gasteiger partial charge in [0, 0.05) is 12.6 Å². The first-order chi connectivity index (χ1) is 15.2. The number of nitrogens with two attached hydrogens (primary N) is 1. The summed E-state index contributed by atoms with van der Waals surface area (Å²) in [5.41, 5.74) is 8.90. The molecule has 0 amide bonds. The van der Waals surface area contributed by atoms with Crippen molar-refractivity contribution in [2.24, 2.45) is 0 Å². The molecule has 0 aliphatic carbocycles. The Balaban J connectivity index is 1.39. The molecule has 8 nitrogen and oxygen atoms in total. The molecule has 2 aromatic carbocycles. The van der Waals surface area contributed by atoms with Crippen LogP contribution in [0.2, 0.25) is 0 Å². The molecule has 5 rings (SSSR count). The van der Waals surface area contributed by atoms with Crippen LogP contribution in [0, 0.1) is 5.82 Å². The predicted octanol–water partition coefficient (Wildman–Crippen LogP) is 4.07. The topological polar surface area (TPSA) is 109 Å². The molecule has 3 heterocycles. The van der Waals surface area contributed by atoms with Crippen molar-refractivity contribution in [3.8, 4) is 11.3 Å². The molecule has 2 aromatic heterocycles. The highest BCUT2D eigenvalue weighted by Crippen LogP contribution is 2.35. The fourth-order valence-corrected chi connectivity index (χ4v) is 3.87. The minimum atomic E-state index is -0.252. The number of hydrogen-bond donors (Lipinski definition) is 3. The minimum Gasteiger partial charge on any atom is -0.368 e. The number of H-pyrrole nitrogens is 1. The minimum absolute atomic E-state index is 0.0605. The Bertz CT molecular complexity index is 1180. The van der Waals surface area contributed by atoms with E-state index in [1.807, 2.05) is 36.4 Å². The molecule has 9 heteroatoms. The summed E-state index contributed by atoms with van der Waals surface area (Å²) in [5, 5.41) is 10.4. The van der Waals surface area contributed by atoms with Crippen LogP contribution in [0.5, 0.6) is 0 Å². The van der Waals surface area contributed by atoms with Crippen molar-refractivity contribution in [1.29, 1.82) is 0 Å². The van der Waals surface area contributed by atoms with E-state index in [4.69, 9.17) is 5.73 Å². The van der Waals surface area contributed by atoms with Gasteiger partial charge in [-0.2, -0.15) is 20.1 Å². The molecule has 0 spiro atoms. The largest absolute Gasteiger partial charge is 0.368 e. The number of hydrogen-bond acceptors (Lipinski definition) is 7. The molecule has 1 unspecified atom stereocenters. The van der Waals surface area contributed by atoms with Crippen LogP contribution in [0.15, 0.2) is 60.7 Å². The normalized spacial score (nSPS) is 15.9. The van der Waals surface area contributed by atoms with Crippen LogP contribution in [-0.2, 0) is 0 Å². The maximum atomic E-state index is 13.3. The molecule has 1 aliphatic rings. The molecular formula is C22H21FN8. The number of nitrogens with zero attached hydrogens (tertiary/aromatic N) is 5. The SMILES string of the molecule is Nc1nc(Nc2cc(-c3ccccc3)[nH]n2)nc(N2CCCC2c2ccc(F)cc2)n1. The molecule has 1 fully saturated rings. The molecule has 31 heavy (non-hydrogen) atoms. The smallest absolute Gasteiger partial charge is 0.235 e. The van der Waals surface area contributed by atoms with Crippen molar-refractivity contribution < 1.29 is 4.39 Å². The molecule has 156 valence electrons. The Kier molecular flexibility index (Phi) is 4.91. The van der Waals surface area contributed by atoms with Gasteiger partial charge < -0.3 is 16.0 Å². The lowest BCUT2D eigenvalue weighted by atomic mass is 10.0. The molecule has 1 aliphatic heterocycles. The Morgan fingerprint density at radius 3 is 2.65 bits per heavy atom. The summed E-state index contributed by atoms with van der Waals surface area (Å²) in [6.07, 6.45) is 1.91. The summed E-state index contributed by atoms with van der Waals surface area (Å²) in [6, 6.07) is 18.4. The average molecular weight is 416 g/mol. The number of aromatic amines is 1. The van der Waals surface area contributed by atoms with E-state index in [9.17, 15) is 4.39 Å². The van der Waals surface area contributed by atoms with E-state index in [0.717, 1.165) is 36.2 Å². The van der Waals surface area contributed by atoms with E-state index in [-0.39, 0.29) is 17.8 Å². The number of nitrogens with one attached hydrogen (secondary N) is 2. The van der Waals surface area contributed by atoms with E-state index < -0.39 is 0 Å². The summed E-state index contributed by atoms with van der Waals surface area (Å²) < 4.78 is 13.3. The van der Waals surface area contributed by atoms with E-state index in [2.05, 4.69) is 35.4 Å². The first-order valence-electron chi connectivity index (χ1n) is 10.1. The van der Waals surface area contributed by atoms with Crippen molar-refractivity contribution in [1.82, 2.24) is 25.1 Å². The van der Waals surface area contributed by atoms with E-state index in [1.165, 1.54) is 12.1 Å². The van der Waals surface area contributed by atoms with Crippen molar-refractivity contribution in [2.45, 2.75) is 18.9 Å². The van der Waals surface area contributed by atoms with E-state index in [1.54, 1.807) is 12.1 Å². The third-order valence-corrected chi connectivity index (χ3v) is 5.31. The van der Waals surface area contributed by atoms with Crippen molar-refractivity contribution >= 4 is 23.7 Å². The maximum absolute atomic E-state index is 13.3. The van der Waals surface area contributed by atoms with Gasteiger partial charge in [0.15, 0.2) is 5.82 Å². The molecule has 0 bridgehead atoms. The van der Waals surface area contributed by atoms with Gasteiger partial charge in [0.1, 0.15) is 5.82 Å². The van der Waals surface area contributed by atoms with Crippen molar-refractivity contribution in [2.75, 3.05) is 22.5 Å². The second-order valence-corrected chi connectivity index (χ2v) is 7.38. The second-order valence-electron chi connectivity index (χ2n) is 7.38. The monoisotopic (exact) mass is 416 g/mol. The number of aromatic nitrogens is 5. The van der Waals surface area contributed by atoms with Crippen LogP contribution in [0.25, 0.3) is 11.3 Å². The summed E-state index contributed by atoms with van der Waals surface area (Å²) in [4.78, 5) is 15.2. The van der Waals surface area contributed by atoms with Gasteiger partial charge in [-0.05, 0) is 36.1 Å². The van der Waals surface area contributed by atoms with Crippen LogP contribution >= 0.6 is 0 Å². The van der Waals surface area contributed by atoms with Crippen molar-refractivity contribution in [3.05, 3.63) is 72.0 Å². The predicted molar refractivity (Wildman–Crippen MR) is 117 cm³/mol. The first kappa shape index (κ1) is 19.0. The number of nitrogen functional groups attached to an aromatic ring is 1. The summed E-state index contributed by atoms with van der Waals surface area (Å²) in [5.74, 6) is 1.25. The zero-order valence-electron chi connectivity index (χ0n) is 16.7. The van der Waals surface area contributed by atoms with Crippen LogP contribution in [0.1, 0.15) is 24.4 Å². The Morgan fingerprint density at radius 1 is 1.03 bits per heavy atom. The number of halogens is 1. The highest BCUT2D eigenvalue weighted by Gasteiger charge is 2.29. The van der Waals surface area contributed by atoms with Gasteiger partial charge in [0.25, 0.3) is 0 Å². The highest BCUT2D eigenvalue weighted by molar-refractivity contribution is 5.64. The lowest BCUT2D eigenvalue weighted by molar-refractivity contribution is 0.624. The standard InChI is InChI=1S/C22H21FN8/c23-16-10-8-15(9-11-16)18-7-4-12-31(18)22-27-20(24)26-21(28-22)25-19-13-17(29-30-19)14-5-2-1-3-6-14/h1-3,5-6,8-11,13,18H,4,7,12H2,(H4,24,25,26,27,28,29,30). The second kappa shape index (κ2) is 8.02. The summed E-state index contributed by atoms with van der Waals surface area (Å²) in [6.45, 7) is 0.783. The Hall–Kier alpha value is -4.01. The maximum Gasteiger partial charge on any atom is 0.235 e. The van der Waals surface area contributed by atoms with Gasteiger partial charge in [-0.1, -0.05) is 42.5 Å². The third-order valence-electron chi connectivity index (χ3n) is 5.31. The third kappa shape index (κ3) is 4.02. The van der Waals surface area contributed by atoms with Crippen molar-refractivity contribution in [3.63, 3.8) is 0 Å². The molecule has 0 radical (unpaired) electrons. The molecule has 0 saturated carbocycles. The van der Waals surface area contributed by atoms with Crippen LogP contribution in [0.3, 0.4) is 0 Å². The van der Waals surface area contributed by atoms with E-state index >= 15 is 0 Å². The van der Waals surface area contributed by atoms with Gasteiger partial charge in [-0.15, -0.1) is 0 Å². The average Bonchev–Trinajstić information content (AvgIpc) is 3.44. The van der Waals surface area contributed by atoms with E-state index in [0.29, 0.717) is 17.7 Å².